The lowest BCUT2D eigenvalue weighted by Gasteiger charge is -2.31. The number of aromatic amines is 2. The Hall–Kier alpha value is -2.60. The molecule has 0 amide bonds. The van der Waals surface area contributed by atoms with Crippen molar-refractivity contribution < 1.29 is 4.74 Å². The SMILES string of the molecule is COc1cccc(-c2cn[nH]c2C2CCN(Cc3ncc[nH]3)CC2)c1. The molecule has 3 heterocycles. The van der Waals surface area contributed by atoms with Crippen molar-refractivity contribution in [1.29, 1.82) is 0 Å². The second kappa shape index (κ2) is 7.11. The van der Waals surface area contributed by atoms with E-state index in [1.54, 1.807) is 7.11 Å². The first kappa shape index (κ1) is 15.9. The van der Waals surface area contributed by atoms with Crippen molar-refractivity contribution in [1.82, 2.24) is 25.1 Å². The Morgan fingerprint density at radius 2 is 2.16 bits per heavy atom. The van der Waals surface area contributed by atoms with Crippen LogP contribution in [0.1, 0.15) is 30.3 Å². The molecule has 4 rings (SSSR count). The summed E-state index contributed by atoms with van der Waals surface area (Å²) >= 11 is 0. The number of H-pyrrole nitrogens is 2. The first-order chi connectivity index (χ1) is 12.3. The number of imidazole rings is 1. The van der Waals surface area contributed by atoms with Crippen molar-refractivity contribution in [3.05, 3.63) is 54.4 Å². The molecule has 2 N–H and O–H groups in total. The van der Waals surface area contributed by atoms with Gasteiger partial charge in [-0.1, -0.05) is 12.1 Å². The van der Waals surface area contributed by atoms with Crippen molar-refractivity contribution in [3.8, 4) is 16.9 Å². The number of nitrogens with one attached hydrogen (secondary N) is 2. The molecule has 1 aliphatic rings. The monoisotopic (exact) mass is 337 g/mol. The number of nitrogens with zero attached hydrogens (tertiary/aromatic N) is 3. The molecule has 2 aromatic heterocycles. The first-order valence-corrected chi connectivity index (χ1v) is 8.72. The third-order valence-corrected chi connectivity index (χ3v) is 4.97. The third-order valence-electron chi connectivity index (χ3n) is 4.97. The zero-order valence-corrected chi connectivity index (χ0v) is 14.4. The highest BCUT2D eigenvalue weighted by atomic mass is 16.5. The molecule has 0 radical (unpaired) electrons. The molecule has 1 saturated heterocycles. The van der Waals surface area contributed by atoms with Gasteiger partial charge in [0.15, 0.2) is 0 Å². The van der Waals surface area contributed by atoms with Crippen LogP contribution in [0.25, 0.3) is 11.1 Å². The van der Waals surface area contributed by atoms with Gasteiger partial charge in [-0.2, -0.15) is 5.10 Å². The van der Waals surface area contributed by atoms with Crippen LogP contribution in [-0.4, -0.2) is 45.3 Å². The van der Waals surface area contributed by atoms with Gasteiger partial charge in [0.05, 0.1) is 19.9 Å². The molecule has 0 bridgehead atoms. The van der Waals surface area contributed by atoms with Gasteiger partial charge in [0, 0.05) is 29.6 Å². The van der Waals surface area contributed by atoms with Gasteiger partial charge in [0.25, 0.3) is 0 Å². The van der Waals surface area contributed by atoms with Crippen LogP contribution in [0.2, 0.25) is 0 Å². The van der Waals surface area contributed by atoms with Gasteiger partial charge in [-0.15, -0.1) is 0 Å². The van der Waals surface area contributed by atoms with Crippen LogP contribution >= 0.6 is 0 Å². The van der Waals surface area contributed by atoms with Crippen LogP contribution in [0.3, 0.4) is 0 Å². The number of piperidine rings is 1. The number of hydrogen-bond acceptors (Lipinski definition) is 4. The van der Waals surface area contributed by atoms with E-state index in [2.05, 4.69) is 37.2 Å². The number of likely N-dealkylation sites (tertiary alicyclic amines) is 1. The van der Waals surface area contributed by atoms with Crippen LogP contribution in [0, 0.1) is 0 Å². The Morgan fingerprint density at radius 3 is 2.92 bits per heavy atom. The molecule has 1 aliphatic heterocycles. The molecular formula is C19H23N5O. The Balaban J connectivity index is 1.46. The predicted molar refractivity (Wildman–Crippen MR) is 96.4 cm³/mol. The Labute approximate surface area is 147 Å². The summed E-state index contributed by atoms with van der Waals surface area (Å²) in [4.78, 5) is 9.96. The van der Waals surface area contributed by atoms with Crippen LogP contribution < -0.4 is 4.74 Å². The lowest BCUT2D eigenvalue weighted by atomic mass is 9.89. The fraction of sp³-hybridized carbons (Fsp3) is 0.368. The molecule has 0 unspecified atom stereocenters. The summed E-state index contributed by atoms with van der Waals surface area (Å²) in [5.41, 5.74) is 3.58. The Bertz CT molecular complexity index is 803. The van der Waals surface area contributed by atoms with Gasteiger partial charge >= 0.3 is 0 Å². The maximum Gasteiger partial charge on any atom is 0.120 e. The van der Waals surface area contributed by atoms with Crippen molar-refractivity contribution >= 4 is 0 Å². The van der Waals surface area contributed by atoms with Crippen LogP contribution in [-0.2, 0) is 6.54 Å². The highest BCUT2D eigenvalue weighted by molar-refractivity contribution is 5.67. The standard InChI is InChI=1S/C19H23N5O/c1-25-16-4-2-3-15(11-16)17-12-22-23-19(17)14-5-9-24(10-6-14)13-18-20-7-8-21-18/h2-4,7-8,11-12,14H,5-6,9-10,13H2,1H3,(H,20,21)(H,22,23). The number of rotatable bonds is 5. The zero-order valence-electron chi connectivity index (χ0n) is 14.4. The van der Waals surface area contributed by atoms with Gasteiger partial charge in [-0.3, -0.25) is 10.00 Å². The number of methoxy groups -OCH3 is 1. The maximum atomic E-state index is 5.36. The summed E-state index contributed by atoms with van der Waals surface area (Å²) in [5, 5.41) is 7.56. The zero-order chi connectivity index (χ0) is 17.1. The van der Waals surface area contributed by atoms with Crippen LogP contribution in [0.15, 0.2) is 42.9 Å². The second-order valence-corrected chi connectivity index (χ2v) is 6.52. The molecule has 6 nitrogen and oxygen atoms in total. The maximum absolute atomic E-state index is 5.36. The van der Waals surface area contributed by atoms with Gasteiger partial charge in [-0.25, -0.2) is 4.98 Å². The molecule has 0 aliphatic carbocycles. The minimum Gasteiger partial charge on any atom is -0.497 e. The van der Waals surface area contributed by atoms with Gasteiger partial charge in [-0.05, 0) is 43.6 Å². The van der Waals surface area contributed by atoms with Gasteiger partial charge in [0.1, 0.15) is 11.6 Å². The molecule has 1 aromatic carbocycles. The summed E-state index contributed by atoms with van der Waals surface area (Å²) < 4.78 is 5.36. The normalized spacial score (nSPS) is 16.2. The van der Waals surface area contributed by atoms with Crippen molar-refractivity contribution in [2.75, 3.05) is 20.2 Å². The van der Waals surface area contributed by atoms with E-state index >= 15 is 0 Å². The molecule has 6 heteroatoms. The molecule has 130 valence electrons. The summed E-state index contributed by atoms with van der Waals surface area (Å²) in [7, 11) is 1.70. The number of ether oxygens (including phenoxy) is 1. The summed E-state index contributed by atoms with van der Waals surface area (Å²) in [6.45, 7) is 3.04. The quantitative estimate of drug-likeness (QED) is 0.750. The minimum absolute atomic E-state index is 0.511. The average molecular weight is 337 g/mol. The third kappa shape index (κ3) is 3.44. The van der Waals surface area contributed by atoms with Crippen LogP contribution in [0.4, 0.5) is 0 Å². The van der Waals surface area contributed by atoms with Crippen molar-refractivity contribution in [3.63, 3.8) is 0 Å². The second-order valence-electron chi connectivity index (χ2n) is 6.52. The molecule has 1 fully saturated rings. The molecule has 0 saturated carbocycles. The number of hydrogen-bond donors (Lipinski definition) is 2. The minimum atomic E-state index is 0.511. The Kier molecular flexibility index (Phi) is 4.52. The lowest BCUT2D eigenvalue weighted by Crippen LogP contribution is -2.33. The first-order valence-electron chi connectivity index (χ1n) is 8.72. The van der Waals surface area contributed by atoms with Crippen molar-refractivity contribution in [2.45, 2.75) is 25.3 Å². The largest absolute Gasteiger partial charge is 0.497 e. The van der Waals surface area contributed by atoms with E-state index in [0.717, 1.165) is 49.6 Å². The fourth-order valence-corrected chi connectivity index (χ4v) is 3.60. The molecule has 25 heavy (non-hydrogen) atoms. The van der Waals surface area contributed by atoms with E-state index in [1.807, 2.05) is 30.7 Å². The van der Waals surface area contributed by atoms with E-state index in [4.69, 9.17) is 4.74 Å². The van der Waals surface area contributed by atoms with Gasteiger partial charge in [0.2, 0.25) is 0 Å². The summed E-state index contributed by atoms with van der Waals surface area (Å²) in [6.07, 6.45) is 7.87. The number of benzene rings is 1. The van der Waals surface area contributed by atoms with E-state index in [0.29, 0.717) is 5.92 Å². The fourth-order valence-electron chi connectivity index (χ4n) is 3.60. The highest BCUT2D eigenvalue weighted by Gasteiger charge is 2.24. The van der Waals surface area contributed by atoms with E-state index < -0.39 is 0 Å². The molecule has 0 atom stereocenters. The molecule has 3 aromatic rings. The Morgan fingerprint density at radius 1 is 1.28 bits per heavy atom. The summed E-state index contributed by atoms with van der Waals surface area (Å²) in [5.74, 6) is 2.42. The molecule has 0 spiro atoms. The lowest BCUT2D eigenvalue weighted by molar-refractivity contribution is 0.199. The topological polar surface area (TPSA) is 69.8 Å². The highest BCUT2D eigenvalue weighted by Crippen LogP contribution is 2.35. The van der Waals surface area contributed by atoms with Crippen molar-refractivity contribution in [2.24, 2.45) is 0 Å². The van der Waals surface area contributed by atoms with E-state index in [9.17, 15) is 0 Å². The van der Waals surface area contributed by atoms with E-state index in [1.165, 1.54) is 11.3 Å². The number of aromatic nitrogens is 4. The van der Waals surface area contributed by atoms with E-state index in [-0.39, 0.29) is 0 Å². The average Bonchev–Trinajstić information content (AvgIpc) is 3.34. The van der Waals surface area contributed by atoms with Gasteiger partial charge < -0.3 is 9.72 Å². The predicted octanol–water partition coefficient (Wildman–Crippen LogP) is 3.19. The van der Waals surface area contributed by atoms with Crippen LogP contribution in [0.5, 0.6) is 5.75 Å². The summed E-state index contributed by atoms with van der Waals surface area (Å²) in [6, 6.07) is 8.18. The smallest absolute Gasteiger partial charge is 0.120 e. The molecular weight excluding hydrogens is 314 g/mol.